The molecule has 0 bridgehead atoms. The maximum absolute atomic E-state index is 12.6. The Kier molecular flexibility index (Phi) is 7.04. The predicted molar refractivity (Wildman–Crippen MR) is 103 cm³/mol. The molecule has 1 saturated carbocycles. The molecule has 3 rings (SSSR count). The van der Waals surface area contributed by atoms with Crippen molar-refractivity contribution in [2.75, 3.05) is 32.9 Å². The highest BCUT2D eigenvalue weighted by Crippen LogP contribution is 2.23. The molecular formula is C20H27NO5S. The minimum absolute atomic E-state index is 0.251. The van der Waals surface area contributed by atoms with E-state index in [1.807, 2.05) is 0 Å². The standard InChI is InChI=1S/C20H27NO5S/c22-20(26-16-18-4-2-1-3-5-18)11-8-17-6-9-19(10-7-17)27(23,24)21-12-14-25-15-13-21/h6-11,18H,1-5,12-16H2. The molecule has 1 heterocycles. The molecule has 2 aliphatic rings. The first-order chi connectivity index (χ1) is 13.1. The van der Waals surface area contributed by atoms with Gasteiger partial charge in [-0.05, 0) is 42.5 Å². The lowest BCUT2D eigenvalue weighted by molar-refractivity contribution is -0.139. The number of nitrogens with zero attached hydrogens (tertiary/aromatic N) is 1. The van der Waals surface area contributed by atoms with Gasteiger partial charge in [-0.1, -0.05) is 31.4 Å². The molecule has 0 N–H and O–H groups in total. The van der Waals surface area contributed by atoms with Crippen molar-refractivity contribution in [2.24, 2.45) is 5.92 Å². The van der Waals surface area contributed by atoms with Crippen LogP contribution in [0.3, 0.4) is 0 Å². The molecule has 6 nitrogen and oxygen atoms in total. The summed E-state index contributed by atoms with van der Waals surface area (Å²) in [5.74, 6) is 0.131. The van der Waals surface area contributed by atoms with E-state index in [1.165, 1.54) is 29.6 Å². The van der Waals surface area contributed by atoms with Gasteiger partial charge >= 0.3 is 5.97 Å². The van der Waals surface area contributed by atoms with Crippen LogP contribution >= 0.6 is 0 Å². The Morgan fingerprint density at radius 1 is 1.11 bits per heavy atom. The topological polar surface area (TPSA) is 72.9 Å². The molecule has 1 aromatic carbocycles. The zero-order chi connectivity index (χ0) is 19.1. The summed E-state index contributed by atoms with van der Waals surface area (Å²) in [6.07, 6.45) is 9.03. The van der Waals surface area contributed by atoms with Crippen molar-refractivity contribution in [1.82, 2.24) is 4.31 Å². The number of ether oxygens (including phenoxy) is 2. The second kappa shape index (κ2) is 9.48. The summed E-state index contributed by atoms with van der Waals surface area (Å²) in [6.45, 7) is 2.07. The summed E-state index contributed by atoms with van der Waals surface area (Å²) in [5, 5.41) is 0. The van der Waals surface area contributed by atoms with E-state index in [-0.39, 0.29) is 10.9 Å². The minimum Gasteiger partial charge on any atom is -0.462 e. The first-order valence-electron chi connectivity index (χ1n) is 9.58. The molecule has 0 amide bonds. The third-order valence-electron chi connectivity index (χ3n) is 5.09. The number of hydrogen-bond donors (Lipinski definition) is 0. The number of carbonyl (C=O) groups excluding carboxylic acids is 1. The lowest BCUT2D eigenvalue weighted by Gasteiger charge is -2.26. The third kappa shape index (κ3) is 5.64. The Morgan fingerprint density at radius 3 is 2.44 bits per heavy atom. The quantitative estimate of drug-likeness (QED) is 0.549. The molecule has 1 aromatic rings. The summed E-state index contributed by atoms with van der Waals surface area (Å²) in [4.78, 5) is 12.1. The van der Waals surface area contributed by atoms with Crippen molar-refractivity contribution < 1.29 is 22.7 Å². The summed E-state index contributed by atoms with van der Waals surface area (Å²) in [6, 6.07) is 6.52. The maximum atomic E-state index is 12.6. The second-order valence-corrected chi connectivity index (χ2v) is 8.99. The number of carbonyl (C=O) groups is 1. The van der Waals surface area contributed by atoms with Gasteiger partial charge in [-0.15, -0.1) is 0 Å². The Bertz CT molecular complexity index is 745. The molecule has 0 unspecified atom stereocenters. The smallest absolute Gasteiger partial charge is 0.330 e. The van der Waals surface area contributed by atoms with Crippen LogP contribution in [0.25, 0.3) is 6.08 Å². The van der Waals surface area contributed by atoms with Crippen LogP contribution in [0.5, 0.6) is 0 Å². The Labute approximate surface area is 161 Å². The average molecular weight is 394 g/mol. The van der Waals surface area contributed by atoms with Gasteiger partial charge in [-0.3, -0.25) is 0 Å². The lowest BCUT2D eigenvalue weighted by atomic mass is 9.90. The fourth-order valence-corrected chi connectivity index (χ4v) is 4.86. The zero-order valence-corrected chi connectivity index (χ0v) is 16.3. The molecule has 0 radical (unpaired) electrons. The fourth-order valence-electron chi connectivity index (χ4n) is 3.45. The Hall–Kier alpha value is -1.70. The highest BCUT2D eigenvalue weighted by atomic mass is 32.2. The molecule has 0 atom stereocenters. The molecule has 1 saturated heterocycles. The van der Waals surface area contributed by atoms with Crippen LogP contribution in [0.15, 0.2) is 35.2 Å². The van der Waals surface area contributed by atoms with E-state index >= 15 is 0 Å². The highest BCUT2D eigenvalue weighted by Gasteiger charge is 2.25. The van der Waals surface area contributed by atoms with E-state index in [1.54, 1.807) is 30.3 Å². The van der Waals surface area contributed by atoms with Crippen molar-refractivity contribution in [3.05, 3.63) is 35.9 Å². The van der Waals surface area contributed by atoms with Crippen molar-refractivity contribution in [1.29, 1.82) is 0 Å². The first-order valence-corrected chi connectivity index (χ1v) is 11.0. The molecule has 1 aliphatic carbocycles. The summed E-state index contributed by atoms with van der Waals surface area (Å²) in [7, 11) is -3.49. The first kappa shape index (κ1) is 20.0. The predicted octanol–water partition coefficient (Wildman–Crippen LogP) is 2.84. The van der Waals surface area contributed by atoms with E-state index in [9.17, 15) is 13.2 Å². The van der Waals surface area contributed by atoms with Crippen LogP contribution in [0, 0.1) is 5.92 Å². The molecular weight excluding hydrogens is 366 g/mol. The van der Waals surface area contributed by atoms with E-state index in [2.05, 4.69) is 0 Å². The van der Waals surface area contributed by atoms with Gasteiger partial charge in [0, 0.05) is 19.2 Å². The molecule has 27 heavy (non-hydrogen) atoms. The zero-order valence-electron chi connectivity index (χ0n) is 15.5. The summed E-state index contributed by atoms with van der Waals surface area (Å²) < 4.78 is 37.1. The van der Waals surface area contributed by atoms with Gasteiger partial charge in [0.1, 0.15) is 0 Å². The number of rotatable bonds is 6. The van der Waals surface area contributed by atoms with Gasteiger partial charge in [0.2, 0.25) is 10.0 Å². The van der Waals surface area contributed by atoms with E-state index in [0.717, 1.165) is 18.4 Å². The van der Waals surface area contributed by atoms with E-state index in [0.29, 0.717) is 38.8 Å². The monoisotopic (exact) mass is 393 g/mol. The van der Waals surface area contributed by atoms with Gasteiger partial charge in [-0.25, -0.2) is 13.2 Å². The van der Waals surface area contributed by atoms with Gasteiger partial charge in [0.15, 0.2) is 0 Å². The number of benzene rings is 1. The van der Waals surface area contributed by atoms with E-state index in [4.69, 9.17) is 9.47 Å². The average Bonchev–Trinajstić information content (AvgIpc) is 2.72. The van der Waals surface area contributed by atoms with Crippen LogP contribution < -0.4 is 0 Å². The molecule has 0 aromatic heterocycles. The third-order valence-corrected chi connectivity index (χ3v) is 7.00. The summed E-state index contributed by atoms with van der Waals surface area (Å²) in [5.41, 5.74) is 0.755. The van der Waals surface area contributed by atoms with Crippen molar-refractivity contribution in [2.45, 2.75) is 37.0 Å². The Balaban J connectivity index is 1.53. The van der Waals surface area contributed by atoms with Gasteiger partial charge < -0.3 is 9.47 Å². The number of esters is 1. The maximum Gasteiger partial charge on any atom is 0.330 e. The molecule has 148 valence electrons. The van der Waals surface area contributed by atoms with Gasteiger partial charge in [-0.2, -0.15) is 4.31 Å². The van der Waals surface area contributed by atoms with Crippen molar-refractivity contribution >= 4 is 22.1 Å². The Morgan fingerprint density at radius 2 is 1.78 bits per heavy atom. The molecule has 0 spiro atoms. The van der Waals surface area contributed by atoms with Crippen LogP contribution in [0.2, 0.25) is 0 Å². The van der Waals surface area contributed by atoms with Gasteiger partial charge in [0.05, 0.1) is 24.7 Å². The lowest BCUT2D eigenvalue weighted by Crippen LogP contribution is -2.40. The normalized spacial score (nSPS) is 20.0. The second-order valence-electron chi connectivity index (χ2n) is 7.05. The minimum atomic E-state index is -3.49. The van der Waals surface area contributed by atoms with Crippen LogP contribution in [0.4, 0.5) is 0 Å². The SMILES string of the molecule is O=C(C=Cc1ccc(S(=O)(=O)N2CCOCC2)cc1)OCC1CCCCC1. The van der Waals surface area contributed by atoms with Crippen LogP contribution in [0.1, 0.15) is 37.7 Å². The number of sulfonamides is 1. The molecule has 2 fully saturated rings. The number of morpholine rings is 1. The van der Waals surface area contributed by atoms with Crippen molar-refractivity contribution in [3.8, 4) is 0 Å². The molecule has 7 heteroatoms. The van der Waals surface area contributed by atoms with E-state index < -0.39 is 10.0 Å². The van der Waals surface area contributed by atoms with Gasteiger partial charge in [0.25, 0.3) is 0 Å². The summed E-state index contributed by atoms with van der Waals surface area (Å²) >= 11 is 0. The van der Waals surface area contributed by atoms with Crippen LogP contribution in [-0.2, 0) is 24.3 Å². The largest absolute Gasteiger partial charge is 0.462 e. The highest BCUT2D eigenvalue weighted by molar-refractivity contribution is 7.89. The van der Waals surface area contributed by atoms with Crippen molar-refractivity contribution in [3.63, 3.8) is 0 Å². The van der Waals surface area contributed by atoms with Crippen LogP contribution in [-0.4, -0.2) is 51.6 Å². The molecule has 1 aliphatic heterocycles. The number of hydrogen-bond acceptors (Lipinski definition) is 5. The fraction of sp³-hybridized carbons (Fsp3) is 0.550.